The fourth-order valence-electron chi connectivity index (χ4n) is 8.17. The Hall–Kier alpha value is -2.33. The molecule has 0 radical (unpaired) electrons. The largest absolute Gasteiger partial charge is 0.392 e. The first-order valence-electron chi connectivity index (χ1n) is 14.8. The number of hydrogen-bond donors (Lipinski definition) is 2. The Kier molecular flexibility index (Phi) is 7.36. The SMILES string of the molecule is CC(CC(=O)N1C2CC3CCC2(CS1(=O)=O)C3(C)C)N[C@@H](c1ccc(Cl)c(C(=O)c2ccc(CO)cc2)c1F)C1CC1. The highest BCUT2D eigenvalue weighted by atomic mass is 35.5. The first-order chi connectivity index (χ1) is 19.8. The molecule has 2 aromatic rings. The van der Waals surface area contributed by atoms with Crippen molar-refractivity contribution in [2.75, 3.05) is 5.75 Å². The van der Waals surface area contributed by atoms with Gasteiger partial charge in [-0.1, -0.05) is 55.8 Å². The molecular formula is C32H38ClFN2O5S. The van der Waals surface area contributed by atoms with Crippen LogP contribution in [0.5, 0.6) is 0 Å². The molecule has 226 valence electrons. The zero-order valence-electron chi connectivity index (χ0n) is 24.2. The van der Waals surface area contributed by atoms with Gasteiger partial charge >= 0.3 is 0 Å². The molecule has 5 atom stereocenters. The Bertz CT molecular complexity index is 1540. The Morgan fingerprint density at radius 2 is 1.83 bits per heavy atom. The number of amides is 1. The third kappa shape index (κ3) is 4.62. The van der Waals surface area contributed by atoms with Gasteiger partial charge in [0, 0.05) is 35.0 Å². The van der Waals surface area contributed by atoms with Crippen LogP contribution in [0.4, 0.5) is 4.39 Å². The van der Waals surface area contributed by atoms with E-state index in [-0.39, 0.29) is 57.7 Å². The Morgan fingerprint density at radius 3 is 2.45 bits per heavy atom. The molecule has 3 saturated carbocycles. The monoisotopic (exact) mass is 616 g/mol. The highest BCUT2D eigenvalue weighted by Gasteiger charge is 2.72. The maximum absolute atomic E-state index is 16.1. The number of nitrogens with one attached hydrogen (secondary N) is 1. The number of carbonyl (C=O) groups is 2. The van der Waals surface area contributed by atoms with E-state index in [1.807, 2.05) is 6.92 Å². The van der Waals surface area contributed by atoms with Crippen molar-refractivity contribution < 1.29 is 27.5 Å². The summed E-state index contributed by atoms with van der Waals surface area (Å²) in [7, 11) is -3.72. The molecule has 1 saturated heterocycles. The first-order valence-corrected chi connectivity index (χ1v) is 16.8. The van der Waals surface area contributed by atoms with Crippen LogP contribution in [0.25, 0.3) is 0 Å². The van der Waals surface area contributed by atoms with Gasteiger partial charge in [0.15, 0.2) is 5.78 Å². The van der Waals surface area contributed by atoms with E-state index in [1.54, 1.807) is 18.2 Å². The number of halogens is 2. The van der Waals surface area contributed by atoms with Gasteiger partial charge in [0.1, 0.15) is 5.82 Å². The molecule has 4 aliphatic rings. The van der Waals surface area contributed by atoms with Crippen LogP contribution in [-0.4, -0.2) is 47.4 Å². The number of hydrogen-bond acceptors (Lipinski definition) is 6. The third-order valence-electron chi connectivity index (χ3n) is 10.8. The minimum absolute atomic E-state index is 0.00668. The number of aliphatic hydroxyl groups is 1. The lowest BCUT2D eigenvalue weighted by atomic mass is 9.69. The molecule has 1 amide bonds. The normalized spacial score (nSPS) is 28.5. The molecule has 1 heterocycles. The second kappa shape index (κ2) is 10.4. The standard InChI is InChI=1S/C32H38ClFN2O5S/c1-18(14-26(38)36-25-15-22-12-13-32(25,31(22,2)3)17-42(36,40)41)35-29(20-8-9-20)23-10-11-24(33)27(28(23)34)30(39)21-6-4-19(16-37)5-7-21/h4-7,10-11,18,20,22,25,29,35,37H,8-9,12-17H2,1-3H3/t18?,22?,25?,29-,32?/m1/s1. The average Bonchev–Trinajstić information content (AvgIpc) is 3.66. The van der Waals surface area contributed by atoms with Gasteiger partial charge in [0.2, 0.25) is 15.9 Å². The van der Waals surface area contributed by atoms with Gasteiger partial charge in [-0.25, -0.2) is 17.1 Å². The molecule has 1 aliphatic heterocycles. The van der Waals surface area contributed by atoms with Gasteiger partial charge in [-0.15, -0.1) is 0 Å². The van der Waals surface area contributed by atoms with E-state index in [9.17, 15) is 23.1 Å². The summed E-state index contributed by atoms with van der Waals surface area (Å²) in [6.07, 6.45) is 4.27. The minimum Gasteiger partial charge on any atom is -0.392 e. The number of nitrogens with zero attached hydrogens (tertiary/aromatic N) is 1. The number of fused-ring (bicyclic) bond motifs is 1. The summed E-state index contributed by atoms with van der Waals surface area (Å²) < 4.78 is 44.0. The van der Waals surface area contributed by atoms with Crippen molar-refractivity contribution in [3.8, 4) is 0 Å². The Labute approximate surface area is 251 Å². The van der Waals surface area contributed by atoms with E-state index >= 15 is 4.39 Å². The second-order valence-electron chi connectivity index (χ2n) is 13.4. The van der Waals surface area contributed by atoms with Crippen LogP contribution in [0.3, 0.4) is 0 Å². The molecule has 3 aliphatic carbocycles. The first kappa shape index (κ1) is 29.7. The van der Waals surface area contributed by atoms with E-state index < -0.39 is 39.6 Å². The van der Waals surface area contributed by atoms with Crippen LogP contribution in [0, 0.1) is 28.5 Å². The predicted octanol–water partition coefficient (Wildman–Crippen LogP) is 5.39. The average molecular weight is 617 g/mol. The fourth-order valence-corrected chi connectivity index (χ4v) is 11.0. The molecule has 6 rings (SSSR count). The van der Waals surface area contributed by atoms with E-state index in [0.29, 0.717) is 17.0 Å². The highest BCUT2D eigenvalue weighted by Crippen LogP contribution is 2.70. The maximum Gasteiger partial charge on any atom is 0.238 e. The number of sulfonamides is 1. The van der Waals surface area contributed by atoms with Gasteiger partial charge in [-0.2, -0.15) is 0 Å². The lowest BCUT2D eigenvalue weighted by Crippen LogP contribution is -2.46. The summed E-state index contributed by atoms with van der Waals surface area (Å²) in [4.78, 5) is 26.9. The number of aliphatic hydroxyl groups excluding tert-OH is 1. The predicted molar refractivity (Wildman–Crippen MR) is 158 cm³/mol. The molecule has 42 heavy (non-hydrogen) atoms. The third-order valence-corrected chi connectivity index (χ3v) is 13.0. The van der Waals surface area contributed by atoms with E-state index in [0.717, 1.165) is 32.1 Å². The molecule has 10 heteroatoms. The summed E-state index contributed by atoms with van der Waals surface area (Å²) in [5, 5.41) is 12.7. The topological polar surface area (TPSA) is 104 Å². The molecule has 1 spiro atoms. The van der Waals surface area contributed by atoms with Gasteiger partial charge in [-0.3, -0.25) is 9.59 Å². The van der Waals surface area contributed by atoms with Crippen LogP contribution in [-0.2, 0) is 21.4 Å². The van der Waals surface area contributed by atoms with Gasteiger partial charge < -0.3 is 10.4 Å². The summed E-state index contributed by atoms with van der Waals surface area (Å²) in [5.41, 5.74) is 0.479. The van der Waals surface area contributed by atoms with Crippen LogP contribution >= 0.6 is 11.6 Å². The van der Waals surface area contributed by atoms with Gasteiger partial charge in [-0.05, 0) is 67.9 Å². The quantitative estimate of drug-likeness (QED) is 0.366. The van der Waals surface area contributed by atoms with Gasteiger partial charge in [0.05, 0.1) is 29.0 Å². The summed E-state index contributed by atoms with van der Waals surface area (Å²) in [6.45, 7) is 5.96. The summed E-state index contributed by atoms with van der Waals surface area (Å²) in [6, 6.07) is 8.21. The fraction of sp³-hybridized carbons (Fsp3) is 0.562. The van der Waals surface area contributed by atoms with Crippen LogP contribution in [0.1, 0.15) is 92.4 Å². The van der Waals surface area contributed by atoms with Crippen molar-refractivity contribution in [1.82, 2.24) is 9.62 Å². The molecule has 4 fully saturated rings. The number of carbonyl (C=O) groups excluding carboxylic acids is 2. The maximum atomic E-state index is 16.1. The van der Waals surface area contributed by atoms with Crippen LogP contribution in [0.2, 0.25) is 5.02 Å². The van der Waals surface area contributed by atoms with Crippen molar-refractivity contribution >= 4 is 33.3 Å². The zero-order chi connectivity index (χ0) is 30.2. The van der Waals surface area contributed by atoms with Crippen LogP contribution in [0.15, 0.2) is 36.4 Å². The Morgan fingerprint density at radius 1 is 1.14 bits per heavy atom. The number of ketones is 1. The second-order valence-corrected chi connectivity index (χ2v) is 15.7. The van der Waals surface area contributed by atoms with Crippen molar-refractivity contribution in [1.29, 1.82) is 0 Å². The van der Waals surface area contributed by atoms with Crippen molar-refractivity contribution in [3.63, 3.8) is 0 Å². The van der Waals surface area contributed by atoms with Crippen LogP contribution < -0.4 is 5.32 Å². The van der Waals surface area contributed by atoms with E-state index in [1.165, 1.54) is 22.5 Å². The van der Waals surface area contributed by atoms with Crippen molar-refractivity contribution in [2.45, 2.75) is 84.0 Å². The minimum atomic E-state index is -3.72. The smallest absolute Gasteiger partial charge is 0.238 e. The molecule has 2 aromatic carbocycles. The number of benzene rings is 2. The molecular weight excluding hydrogens is 579 g/mol. The molecule has 7 nitrogen and oxygen atoms in total. The highest BCUT2D eigenvalue weighted by molar-refractivity contribution is 7.90. The zero-order valence-corrected chi connectivity index (χ0v) is 25.8. The molecule has 2 N–H and O–H groups in total. The van der Waals surface area contributed by atoms with Crippen molar-refractivity contribution in [2.24, 2.45) is 22.7 Å². The van der Waals surface area contributed by atoms with Gasteiger partial charge in [0.25, 0.3) is 0 Å². The summed E-state index contributed by atoms with van der Waals surface area (Å²) in [5.74, 6) is -1.09. The van der Waals surface area contributed by atoms with E-state index in [4.69, 9.17) is 11.6 Å². The molecule has 2 bridgehead atoms. The lowest BCUT2D eigenvalue weighted by molar-refractivity contribution is -0.129. The summed E-state index contributed by atoms with van der Waals surface area (Å²) >= 11 is 6.34. The lowest BCUT2D eigenvalue weighted by Gasteiger charge is -2.37. The molecule has 4 unspecified atom stereocenters. The number of rotatable bonds is 9. The van der Waals surface area contributed by atoms with E-state index in [2.05, 4.69) is 19.2 Å². The van der Waals surface area contributed by atoms with Crippen molar-refractivity contribution in [3.05, 3.63) is 69.5 Å². The molecule has 0 aromatic heterocycles. The Balaban J connectivity index is 1.22.